The van der Waals surface area contributed by atoms with Gasteiger partial charge in [-0.2, -0.15) is 0 Å². The van der Waals surface area contributed by atoms with E-state index in [0.29, 0.717) is 16.2 Å². The van der Waals surface area contributed by atoms with E-state index in [-0.39, 0.29) is 0 Å². The molecule has 1 unspecified atom stereocenters. The summed E-state index contributed by atoms with van der Waals surface area (Å²) >= 11 is 0. The molecule has 1 rings (SSSR count). The molecule has 0 aromatic carbocycles. The first-order valence-electron chi connectivity index (χ1n) is 8.36. The number of nitrogens with one attached hydrogen (secondary N) is 1. The van der Waals surface area contributed by atoms with Crippen LogP contribution in [0.2, 0.25) is 18.1 Å². The third kappa shape index (κ3) is 3.31. The van der Waals surface area contributed by atoms with Gasteiger partial charge in [-0.3, -0.25) is 0 Å². The van der Waals surface area contributed by atoms with E-state index in [1.165, 1.54) is 35.9 Å². The van der Waals surface area contributed by atoms with Crippen LogP contribution in [0.3, 0.4) is 0 Å². The highest BCUT2D eigenvalue weighted by Crippen LogP contribution is 2.49. The molecule has 118 valence electrons. The van der Waals surface area contributed by atoms with Crippen molar-refractivity contribution in [3.05, 3.63) is 10.8 Å². The van der Waals surface area contributed by atoms with Gasteiger partial charge in [0.05, 0.1) is 8.07 Å². The van der Waals surface area contributed by atoms with Crippen LogP contribution >= 0.6 is 0 Å². The zero-order chi connectivity index (χ0) is 15.8. The third-order valence-corrected chi connectivity index (χ3v) is 14.0. The smallest absolute Gasteiger partial charge is 0.0758 e. The molecule has 0 heterocycles. The zero-order valence-electron chi connectivity index (χ0n) is 15.4. The maximum atomic E-state index is 4.15. The molecule has 0 saturated heterocycles. The van der Waals surface area contributed by atoms with Gasteiger partial charge in [-0.15, -0.1) is 0 Å². The Morgan fingerprint density at radius 3 is 1.95 bits per heavy atom. The van der Waals surface area contributed by atoms with Gasteiger partial charge in [0.25, 0.3) is 0 Å². The molecular formula is C17H37NSi2. The first kappa shape index (κ1) is 18.2. The largest absolute Gasteiger partial charge is 0.308 e. The van der Waals surface area contributed by atoms with Crippen LogP contribution in [0.1, 0.15) is 67.2 Å². The first-order valence-corrected chi connectivity index (χ1v) is 12.4. The lowest BCUT2D eigenvalue weighted by Crippen LogP contribution is -2.67. The average molecular weight is 312 g/mol. The Hall–Kier alpha value is 0.134. The molecule has 1 nitrogen and oxygen atoms in total. The van der Waals surface area contributed by atoms with Crippen molar-refractivity contribution in [2.45, 2.75) is 96.6 Å². The summed E-state index contributed by atoms with van der Waals surface area (Å²) in [5.74, 6) is 0. The lowest BCUT2D eigenvalue weighted by Gasteiger charge is -2.53. The van der Waals surface area contributed by atoms with Crippen molar-refractivity contribution >= 4 is 18.3 Å². The van der Waals surface area contributed by atoms with Gasteiger partial charge in [-0.05, 0) is 38.7 Å². The molecule has 0 radical (unpaired) electrons. The van der Waals surface area contributed by atoms with E-state index in [2.05, 4.69) is 60.0 Å². The van der Waals surface area contributed by atoms with Crippen molar-refractivity contribution in [1.29, 1.82) is 0 Å². The van der Waals surface area contributed by atoms with Crippen LogP contribution in [0.15, 0.2) is 10.8 Å². The summed E-state index contributed by atoms with van der Waals surface area (Å²) in [6, 6.07) is 0.541. The van der Waals surface area contributed by atoms with Crippen molar-refractivity contribution in [2.24, 2.45) is 0 Å². The number of hydrogen-bond donors (Lipinski definition) is 1. The molecule has 3 heteroatoms. The molecule has 0 spiro atoms. The lowest BCUT2D eigenvalue weighted by molar-refractivity contribution is 0.396. The summed E-state index contributed by atoms with van der Waals surface area (Å²) in [6.45, 7) is 19.6. The van der Waals surface area contributed by atoms with Gasteiger partial charge in [0.2, 0.25) is 0 Å². The second kappa shape index (κ2) is 6.09. The number of allylic oxidation sites excluding steroid dienone is 1. The second-order valence-electron chi connectivity index (χ2n) is 8.71. The van der Waals surface area contributed by atoms with Gasteiger partial charge in [0.1, 0.15) is 0 Å². The minimum atomic E-state index is -1.39. The third-order valence-electron chi connectivity index (χ3n) is 6.46. The predicted molar refractivity (Wildman–Crippen MR) is 99.3 cm³/mol. The Bertz CT molecular complexity index is 367. The highest BCUT2D eigenvalue weighted by molar-refractivity contribution is 6.83. The van der Waals surface area contributed by atoms with E-state index in [0.717, 1.165) is 0 Å². The first-order chi connectivity index (χ1) is 8.94. The summed E-state index contributed by atoms with van der Waals surface area (Å²) in [5, 5.41) is 6.64. The van der Waals surface area contributed by atoms with Crippen LogP contribution in [-0.4, -0.2) is 29.5 Å². The fraction of sp³-hybridized carbons (Fsp3) is 0.882. The monoisotopic (exact) mass is 311 g/mol. The van der Waals surface area contributed by atoms with E-state index in [1.54, 1.807) is 10.8 Å². The molecule has 0 amide bonds. The average Bonchev–Trinajstić information content (AvgIpc) is 2.76. The minimum absolute atomic E-state index is 0.433. The van der Waals surface area contributed by atoms with Crippen LogP contribution in [0.4, 0.5) is 0 Å². The van der Waals surface area contributed by atoms with E-state index in [9.17, 15) is 0 Å². The molecule has 1 saturated carbocycles. The summed E-state index contributed by atoms with van der Waals surface area (Å²) in [7, 11) is -0.196. The molecule has 0 aromatic heterocycles. The summed E-state index contributed by atoms with van der Waals surface area (Å²) in [4.78, 5) is 0. The zero-order valence-corrected chi connectivity index (χ0v) is 18.4. The van der Waals surface area contributed by atoms with Gasteiger partial charge in [-0.1, -0.05) is 57.5 Å². The number of hydrogen-bond acceptors (Lipinski definition) is 1. The molecule has 20 heavy (non-hydrogen) atoms. The van der Waals surface area contributed by atoms with Crippen molar-refractivity contribution in [2.75, 3.05) is 0 Å². The van der Waals surface area contributed by atoms with Gasteiger partial charge in [0, 0.05) is 21.4 Å². The van der Waals surface area contributed by atoms with Gasteiger partial charge in [-0.25, -0.2) is 0 Å². The predicted octanol–water partition coefficient (Wildman–Crippen LogP) is 3.98. The highest BCUT2D eigenvalue weighted by atomic mass is 28.3. The van der Waals surface area contributed by atoms with Gasteiger partial charge < -0.3 is 5.32 Å². The van der Waals surface area contributed by atoms with E-state index < -0.39 is 8.07 Å². The Kier molecular flexibility index (Phi) is 5.54. The van der Waals surface area contributed by atoms with Crippen LogP contribution < -0.4 is 5.32 Å². The van der Waals surface area contributed by atoms with Crippen molar-refractivity contribution in [1.82, 2.24) is 5.32 Å². The number of rotatable bonds is 4. The van der Waals surface area contributed by atoms with Crippen LogP contribution in [-0.2, 0) is 0 Å². The van der Waals surface area contributed by atoms with E-state index in [4.69, 9.17) is 0 Å². The molecule has 1 fully saturated rings. The van der Waals surface area contributed by atoms with Crippen LogP contribution in [0.5, 0.6) is 0 Å². The molecule has 1 N–H and O–H groups in total. The minimum Gasteiger partial charge on any atom is -0.308 e. The standard InChI is InChI=1S/C17H37NSi2/c1-13(15(3)19)14(2)18-17(11-9-10-12-17)20(7,8)16(4,5)6/h14,18H,9-12H2,1-8,19H3. The molecule has 1 aliphatic carbocycles. The molecule has 0 bridgehead atoms. The summed E-state index contributed by atoms with van der Waals surface area (Å²) in [6.07, 6.45) is 5.60. The van der Waals surface area contributed by atoms with Crippen LogP contribution in [0.25, 0.3) is 0 Å². The molecule has 1 atom stereocenters. The molecular weight excluding hydrogens is 274 g/mol. The quantitative estimate of drug-likeness (QED) is 0.774. The van der Waals surface area contributed by atoms with Gasteiger partial charge in [0.15, 0.2) is 0 Å². The molecule has 1 aliphatic rings. The van der Waals surface area contributed by atoms with Crippen molar-refractivity contribution in [3.63, 3.8) is 0 Å². The molecule has 0 aliphatic heterocycles. The van der Waals surface area contributed by atoms with E-state index in [1.807, 2.05) is 0 Å². The Labute approximate surface area is 131 Å². The van der Waals surface area contributed by atoms with Crippen molar-refractivity contribution < 1.29 is 0 Å². The topological polar surface area (TPSA) is 12.0 Å². The molecule has 0 aromatic rings. The second-order valence-corrected chi connectivity index (χ2v) is 15.9. The van der Waals surface area contributed by atoms with E-state index >= 15 is 0 Å². The Morgan fingerprint density at radius 1 is 1.15 bits per heavy atom. The summed E-state index contributed by atoms with van der Waals surface area (Å²) < 4.78 is 0. The van der Waals surface area contributed by atoms with Gasteiger partial charge >= 0.3 is 0 Å². The SMILES string of the molecule is CC([SiH3])=C(C)C(C)NC1([Si](C)(C)C(C)(C)C)CCCC1. The fourth-order valence-corrected chi connectivity index (χ4v) is 7.65. The Balaban J connectivity index is 3.09. The maximum absolute atomic E-state index is 4.15. The normalized spacial score (nSPS) is 22.8. The lowest BCUT2D eigenvalue weighted by atomic mass is 10.1. The Morgan fingerprint density at radius 2 is 1.60 bits per heavy atom. The fourth-order valence-electron chi connectivity index (χ4n) is 3.60. The van der Waals surface area contributed by atoms with Crippen molar-refractivity contribution in [3.8, 4) is 0 Å². The maximum Gasteiger partial charge on any atom is 0.0758 e. The highest BCUT2D eigenvalue weighted by Gasteiger charge is 2.54. The summed E-state index contributed by atoms with van der Waals surface area (Å²) in [5.41, 5.74) is 1.58. The van der Waals surface area contributed by atoms with Crippen LogP contribution in [0, 0.1) is 0 Å².